The predicted octanol–water partition coefficient (Wildman–Crippen LogP) is 13.0. The summed E-state index contributed by atoms with van der Waals surface area (Å²) in [4.78, 5) is 0. The number of hydrogen-bond acceptors (Lipinski definition) is 1. The van der Waals surface area contributed by atoms with Gasteiger partial charge < -0.3 is 0 Å². The molecule has 2 aliphatic rings. The number of para-hydroxylation sites is 1. The van der Waals surface area contributed by atoms with E-state index in [1.54, 1.807) is 0 Å². The van der Waals surface area contributed by atoms with Gasteiger partial charge in [0.25, 0.3) is 0 Å². The van der Waals surface area contributed by atoms with Crippen molar-refractivity contribution in [2.75, 3.05) is 26.2 Å². The minimum atomic E-state index is -1.77. The Morgan fingerprint density at radius 2 is 0.750 bits per heavy atom. The normalized spacial score (nSPS) is 13.4. The van der Waals surface area contributed by atoms with Crippen molar-refractivity contribution in [3.05, 3.63) is 145 Å². The van der Waals surface area contributed by atoms with Crippen LogP contribution in [0.5, 0.6) is 5.75 Å². The molecule has 5 aromatic carbocycles. The molecule has 0 aliphatic carbocycles. The van der Waals surface area contributed by atoms with Gasteiger partial charge in [0.2, 0.25) is 48.9 Å². The maximum absolute atomic E-state index is 5.82. The van der Waals surface area contributed by atoms with E-state index in [9.17, 15) is 0 Å². The van der Waals surface area contributed by atoms with Crippen molar-refractivity contribution in [1.29, 1.82) is 0 Å². The maximum Gasteiger partial charge on any atom is 0.490 e. The van der Waals surface area contributed by atoms with Gasteiger partial charge in [-0.05, 0) is 132 Å². The Hall–Kier alpha value is -4.27. The molecule has 0 N–H and O–H groups in total. The first kappa shape index (κ1) is 46.8. The van der Waals surface area contributed by atoms with Gasteiger partial charge in [0.15, 0.2) is 0 Å². The first-order valence-corrected chi connectivity index (χ1v) is 26.3. The zero-order valence-electron chi connectivity index (χ0n) is 38.2. The first-order valence-electron chi connectivity index (χ1n) is 20.9. The van der Waals surface area contributed by atoms with Gasteiger partial charge in [-0.3, -0.25) is 0 Å². The SMILES string of the molecule is CC(C)Oc1ccccc1[CH]=[Ru]([Cl])[Cl].Cc1cc(C)c([N+]2=C=[N+](c3c(C)cc(C)cc3C)CC2)c(C)c1.Cc1cc(C)c([N+]2=C=[N+](c3c(C)cc(C)cc3C)CC2)c(C)c1. The molecule has 0 spiro atoms. The van der Waals surface area contributed by atoms with E-state index in [4.69, 9.17) is 24.1 Å². The number of halogens is 2. The Morgan fingerprint density at radius 3 is 1.00 bits per heavy atom. The van der Waals surface area contributed by atoms with Crippen LogP contribution in [0.1, 0.15) is 86.2 Å². The number of hydrogen-bond donors (Lipinski definition) is 0. The van der Waals surface area contributed by atoms with E-state index in [-0.39, 0.29) is 6.10 Å². The molecule has 0 saturated carbocycles. The summed E-state index contributed by atoms with van der Waals surface area (Å²) in [7, 11) is 11.6. The summed E-state index contributed by atoms with van der Waals surface area (Å²) in [5.74, 6) is 0.850. The molecule has 0 unspecified atom stereocenters. The summed E-state index contributed by atoms with van der Waals surface area (Å²) in [5, 5.41) is 0. The molecule has 60 heavy (non-hydrogen) atoms. The van der Waals surface area contributed by atoms with Crippen molar-refractivity contribution in [2.24, 2.45) is 0 Å². The molecular weight excluding hydrogens is 869 g/mol. The molecule has 0 bridgehead atoms. The van der Waals surface area contributed by atoms with Gasteiger partial charge in [-0.2, -0.15) is 0 Å². The summed E-state index contributed by atoms with van der Waals surface area (Å²) in [6.45, 7) is 34.1. The van der Waals surface area contributed by atoms with Gasteiger partial charge >= 0.3 is 110 Å². The van der Waals surface area contributed by atoms with Crippen LogP contribution in [-0.2, 0) is 13.5 Å². The van der Waals surface area contributed by atoms with Crippen molar-refractivity contribution in [3.8, 4) is 5.75 Å². The van der Waals surface area contributed by atoms with Gasteiger partial charge in [-0.15, -0.1) is 0 Å². The van der Waals surface area contributed by atoms with Crippen molar-refractivity contribution >= 4 is 58.8 Å². The smallest absolute Gasteiger partial charge is 0.0867 e. The second-order valence-electron chi connectivity index (χ2n) is 16.8. The van der Waals surface area contributed by atoms with Crippen LogP contribution in [0.4, 0.5) is 22.7 Å². The molecule has 0 saturated heterocycles. The monoisotopic (exact) mass is 932 g/mol. The Bertz CT molecular complexity index is 2240. The number of aryl methyl sites for hydroxylation is 12. The van der Waals surface area contributed by atoms with Crippen molar-refractivity contribution < 1.29 is 36.6 Å². The van der Waals surface area contributed by atoms with Crippen LogP contribution >= 0.6 is 19.4 Å². The van der Waals surface area contributed by atoms with Crippen molar-refractivity contribution in [2.45, 2.75) is 103 Å². The van der Waals surface area contributed by atoms with Crippen LogP contribution in [0.25, 0.3) is 0 Å². The molecule has 7 rings (SSSR count). The van der Waals surface area contributed by atoms with Crippen LogP contribution in [-0.4, -0.2) is 67.2 Å². The van der Waals surface area contributed by atoms with Crippen LogP contribution in [0.3, 0.4) is 0 Å². The second kappa shape index (κ2) is 20.5. The van der Waals surface area contributed by atoms with Gasteiger partial charge in [0, 0.05) is 44.5 Å². The molecule has 2 heterocycles. The van der Waals surface area contributed by atoms with Crippen LogP contribution in [0, 0.1) is 83.1 Å². The van der Waals surface area contributed by atoms with E-state index in [1.807, 2.05) is 42.7 Å². The second-order valence-corrected chi connectivity index (χ2v) is 22.5. The molecule has 2 aliphatic heterocycles. The average Bonchev–Trinajstić information content (AvgIpc) is 3.78. The Balaban J connectivity index is 0.000000177. The Morgan fingerprint density at radius 1 is 0.483 bits per heavy atom. The molecule has 0 fully saturated rings. The summed E-state index contributed by atoms with van der Waals surface area (Å²) in [5.41, 5.74) is 22.1. The fraction of sp³-hybridized carbons (Fsp3) is 0.365. The minimum Gasteiger partial charge on any atom is -0.0867 e. The Kier molecular flexibility index (Phi) is 16.0. The van der Waals surface area contributed by atoms with Gasteiger partial charge in [-0.25, -0.2) is 0 Å². The van der Waals surface area contributed by atoms with Crippen molar-refractivity contribution in [1.82, 2.24) is 0 Å². The predicted molar refractivity (Wildman–Crippen MR) is 251 cm³/mol. The summed E-state index contributed by atoms with van der Waals surface area (Å²) < 4.78 is 16.6. The molecular formula is C52H64Cl2N4ORu+4. The third-order valence-electron chi connectivity index (χ3n) is 10.7. The summed E-state index contributed by atoms with van der Waals surface area (Å²) >= 11 is -1.77. The number of ether oxygens (including phenoxy) is 1. The molecule has 0 atom stereocenters. The zero-order valence-corrected chi connectivity index (χ0v) is 41.5. The molecule has 5 aromatic rings. The van der Waals surface area contributed by atoms with E-state index in [1.165, 1.54) is 89.5 Å². The Labute approximate surface area is 373 Å². The summed E-state index contributed by atoms with van der Waals surface area (Å²) in [6.07, 6.45) is 0.163. The van der Waals surface area contributed by atoms with Crippen LogP contribution in [0.15, 0.2) is 72.8 Å². The first-order chi connectivity index (χ1) is 28.3. The molecule has 0 amide bonds. The molecule has 0 aromatic heterocycles. The maximum atomic E-state index is 5.82. The van der Waals surface area contributed by atoms with Crippen molar-refractivity contribution in [3.63, 3.8) is 0 Å². The third kappa shape index (κ3) is 11.8. The minimum absolute atomic E-state index is 0.163. The van der Waals surface area contributed by atoms with E-state index in [0.29, 0.717) is 0 Å². The van der Waals surface area contributed by atoms with E-state index in [2.05, 4.69) is 162 Å². The largest absolute Gasteiger partial charge is 0.490 e. The molecule has 5 nitrogen and oxygen atoms in total. The third-order valence-corrected chi connectivity index (χ3v) is 12.5. The summed E-state index contributed by atoms with van der Waals surface area (Å²) in [6, 6.07) is 33.0. The van der Waals surface area contributed by atoms with Gasteiger partial charge in [0.05, 0.1) is 0 Å². The fourth-order valence-corrected chi connectivity index (χ4v) is 10.7. The fourth-order valence-electron chi connectivity index (χ4n) is 8.94. The standard InChI is InChI=1S/2C21H26N2.C10H12O.2ClH.Ru/c2*1-14-9-16(3)20(17(4)10-14)22-7-8-23(13-22)21-18(5)11-15(2)12-19(21)6;1-8(2)11-10-7-5-4-6-9(10)3;;;/h2*9-12H,7-8H2,1-6H3;3-8H,1-2H3;2*1H;/q2*+2;;;;+2/p-2. The molecule has 316 valence electrons. The zero-order chi connectivity index (χ0) is 44.0. The number of rotatable bonds is 7. The van der Waals surface area contributed by atoms with Crippen LogP contribution < -0.4 is 4.74 Å². The van der Waals surface area contributed by atoms with E-state index >= 15 is 0 Å². The quantitative estimate of drug-likeness (QED) is 0.118. The van der Waals surface area contributed by atoms with Gasteiger partial charge in [0.1, 0.15) is 0 Å². The van der Waals surface area contributed by atoms with Crippen LogP contribution in [0.2, 0.25) is 0 Å². The number of benzene rings is 5. The molecule has 0 radical (unpaired) electrons. The van der Waals surface area contributed by atoms with Gasteiger partial charge in [-0.1, -0.05) is 40.6 Å². The van der Waals surface area contributed by atoms with E-state index in [0.717, 1.165) is 37.5 Å². The average molecular weight is 933 g/mol. The molecule has 8 heteroatoms. The van der Waals surface area contributed by atoms with E-state index < -0.39 is 13.5 Å². The topological polar surface area (TPSA) is 21.3 Å². The number of nitrogens with zero attached hydrogens (tertiary/aromatic N) is 4.